The van der Waals surface area contributed by atoms with Crippen LogP contribution in [0.2, 0.25) is 0 Å². The Hall–Kier alpha value is -1.91. The average Bonchev–Trinajstić information content (AvgIpc) is 2.48. The average molecular weight is 276 g/mol. The molecule has 20 heavy (non-hydrogen) atoms. The first-order valence-corrected chi connectivity index (χ1v) is 7.01. The second-order valence-corrected chi connectivity index (χ2v) is 5.40. The maximum Gasteiger partial charge on any atom is 0.306 e. The normalized spacial score (nSPS) is 23.9. The molecule has 1 heterocycles. The summed E-state index contributed by atoms with van der Waals surface area (Å²) in [5.41, 5.74) is 0.893. The lowest BCUT2D eigenvalue weighted by atomic mass is 9.86. The van der Waals surface area contributed by atoms with Crippen LogP contribution in [0.5, 0.6) is 0 Å². The van der Waals surface area contributed by atoms with Gasteiger partial charge in [-0.25, -0.2) is 0 Å². The minimum absolute atomic E-state index is 0.0169. The number of hydrogen-bond donors (Lipinski definition) is 2. The Bertz CT molecular complexity index is 467. The highest BCUT2D eigenvalue weighted by atomic mass is 16.4. The van der Waals surface area contributed by atoms with Crippen molar-refractivity contribution in [2.45, 2.75) is 44.6 Å². The van der Waals surface area contributed by atoms with Gasteiger partial charge in [0.25, 0.3) is 0 Å². The van der Waals surface area contributed by atoms with E-state index in [0.29, 0.717) is 12.8 Å². The SMILES string of the molecule is CC(C(=O)NC1CCC(C(=O)O)CC1)c1cccnc1. The van der Waals surface area contributed by atoms with Gasteiger partial charge in [-0.1, -0.05) is 6.07 Å². The summed E-state index contributed by atoms with van der Waals surface area (Å²) < 4.78 is 0. The Kier molecular flexibility index (Phi) is 4.71. The number of amides is 1. The van der Waals surface area contributed by atoms with Gasteiger partial charge in [-0.15, -0.1) is 0 Å². The van der Waals surface area contributed by atoms with Crippen molar-refractivity contribution in [1.82, 2.24) is 10.3 Å². The van der Waals surface area contributed by atoms with Crippen LogP contribution in [0.15, 0.2) is 24.5 Å². The predicted molar refractivity (Wildman–Crippen MR) is 74.2 cm³/mol. The highest BCUT2D eigenvalue weighted by molar-refractivity contribution is 5.83. The third-order valence-electron chi connectivity index (χ3n) is 4.00. The number of nitrogens with zero attached hydrogens (tertiary/aromatic N) is 1. The third kappa shape index (κ3) is 3.56. The Morgan fingerprint density at radius 1 is 1.35 bits per heavy atom. The molecular weight excluding hydrogens is 256 g/mol. The van der Waals surface area contributed by atoms with Gasteiger partial charge in [0.1, 0.15) is 0 Å². The van der Waals surface area contributed by atoms with Crippen molar-refractivity contribution in [2.24, 2.45) is 5.92 Å². The maximum absolute atomic E-state index is 12.2. The van der Waals surface area contributed by atoms with Crippen molar-refractivity contribution in [3.8, 4) is 0 Å². The van der Waals surface area contributed by atoms with Crippen LogP contribution in [0.1, 0.15) is 44.1 Å². The van der Waals surface area contributed by atoms with E-state index in [0.717, 1.165) is 18.4 Å². The van der Waals surface area contributed by atoms with E-state index in [1.54, 1.807) is 12.4 Å². The Morgan fingerprint density at radius 2 is 2.05 bits per heavy atom. The molecule has 1 amide bonds. The van der Waals surface area contributed by atoms with E-state index in [4.69, 9.17) is 5.11 Å². The van der Waals surface area contributed by atoms with Crippen LogP contribution in [-0.4, -0.2) is 28.0 Å². The maximum atomic E-state index is 12.2. The molecule has 0 spiro atoms. The number of nitrogens with one attached hydrogen (secondary N) is 1. The molecular formula is C15H20N2O3. The fourth-order valence-electron chi connectivity index (χ4n) is 2.59. The number of pyridine rings is 1. The molecule has 1 aliphatic carbocycles. The fourth-order valence-corrected chi connectivity index (χ4v) is 2.59. The number of carbonyl (C=O) groups excluding carboxylic acids is 1. The van der Waals surface area contributed by atoms with Gasteiger partial charge >= 0.3 is 5.97 Å². The first-order chi connectivity index (χ1) is 9.58. The quantitative estimate of drug-likeness (QED) is 0.881. The van der Waals surface area contributed by atoms with Gasteiger partial charge in [-0.2, -0.15) is 0 Å². The monoisotopic (exact) mass is 276 g/mol. The van der Waals surface area contributed by atoms with Crippen molar-refractivity contribution in [2.75, 3.05) is 0 Å². The smallest absolute Gasteiger partial charge is 0.306 e. The van der Waals surface area contributed by atoms with Gasteiger partial charge in [0.15, 0.2) is 0 Å². The number of rotatable bonds is 4. The zero-order valence-electron chi connectivity index (χ0n) is 11.6. The van der Waals surface area contributed by atoms with Crippen LogP contribution in [0.4, 0.5) is 0 Å². The number of carboxylic acid groups (broad SMARTS) is 1. The van der Waals surface area contributed by atoms with Gasteiger partial charge in [0.05, 0.1) is 11.8 Å². The molecule has 2 rings (SSSR count). The molecule has 0 saturated heterocycles. The predicted octanol–water partition coefficient (Wildman–Crippen LogP) is 1.94. The summed E-state index contributed by atoms with van der Waals surface area (Å²) >= 11 is 0. The van der Waals surface area contributed by atoms with Crippen molar-refractivity contribution in [3.05, 3.63) is 30.1 Å². The van der Waals surface area contributed by atoms with Crippen LogP contribution < -0.4 is 5.32 Å². The lowest BCUT2D eigenvalue weighted by Gasteiger charge is -2.27. The zero-order chi connectivity index (χ0) is 14.5. The van der Waals surface area contributed by atoms with E-state index >= 15 is 0 Å². The number of hydrogen-bond acceptors (Lipinski definition) is 3. The molecule has 0 radical (unpaired) electrons. The summed E-state index contributed by atoms with van der Waals surface area (Å²) in [7, 11) is 0. The van der Waals surface area contributed by atoms with Crippen LogP contribution in [0.25, 0.3) is 0 Å². The highest BCUT2D eigenvalue weighted by Crippen LogP contribution is 2.25. The summed E-state index contributed by atoms with van der Waals surface area (Å²) in [5, 5.41) is 12.0. The van der Waals surface area contributed by atoms with Crippen molar-refractivity contribution >= 4 is 11.9 Å². The van der Waals surface area contributed by atoms with E-state index in [2.05, 4.69) is 10.3 Å². The largest absolute Gasteiger partial charge is 0.481 e. The van der Waals surface area contributed by atoms with Crippen molar-refractivity contribution in [3.63, 3.8) is 0 Å². The summed E-state index contributed by atoms with van der Waals surface area (Å²) in [4.78, 5) is 27.1. The molecule has 5 heteroatoms. The van der Waals surface area contributed by atoms with Crippen LogP contribution in [-0.2, 0) is 9.59 Å². The number of carbonyl (C=O) groups is 2. The number of aliphatic carboxylic acids is 1. The second-order valence-electron chi connectivity index (χ2n) is 5.40. The fraction of sp³-hybridized carbons (Fsp3) is 0.533. The molecule has 0 bridgehead atoms. The van der Waals surface area contributed by atoms with Crippen LogP contribution in [0.3, 0.4) is 0 Å². The standard InChI is InChI=1S/C15H20N2O3/c1-10(12-3-2-8-16-9-12)14(18)17-13-6-4-11(5-7-13)15(19)20/h2-3,8-11,13H,4-7H2,1H3,(H,17,18)(H,19,20). The molecule has 1 saturated carbocycles. The molecule has 5 nitrogen and oxygen atoms in total. The third-order valence-corrected chi connectivity index (χ3v) is 4.00. The molecule has 2 N–H and O–H groups in total. The van der Waals surface area contributed by atoms with Crippen LogP contribution >= 0.6 is 0 Å². The van der Waals surface area contributed by atoms with Crippen LogP contribution in [0, 0.1) is 5.92 Å². The van der Waals surface area contributed by atoms with Gasteiger partial charge in [-0.3, -0.25) is 14.6 Å². The minimum Gasteiger partial charge on any atom is -0.481 e. The lowest BCUT2D eigenvalue weighted by Crippen LogP contribution is -2.40. The molecule has 108 valence electrons. The molecule has 1 atom stereocenters. The Labute approximate surface area is 118 Å². The topological polar surface area (TPSA) is 79.3 Å². The molecule has 1 aliphatic rings. The first kappa shape index (κ1) is 14.5. The summed E-state index contributed by atoms with van der Waals surface area (Å²) in [5.74, 6) is -1.23. The van der Waals surface area contributed by atoms with Gasteiger partial charge < -0.3 is 10.4 Å². The molecule has 0 aliphatic heterocycles. The molecule has 0 aromatic carbocycles. The van der Waals surface area contributed by atoms with Gasteiger partial charge in [-0.05, 0) is 44.2 Å². The van der Waals surface area contributed by atoms with Gasteiger partial charge in [0.2, 0.25) is 5.91 Å². The molecule has 1 aromatic rings. The first-order valence-electron chi connectivity index (χ1n) is 7.01. The zero-order valence-corrected chi connectivity index (χ0v) is 11.6. The van der Waals surface area contributed by atoms with Crippen molar-refractivity contribution in [1.29, 1.82) is 0 Å². The molecule has 1 fully saturated rings. The van der Waals surface area contributed by atoms with Gasteiger partial charge in [0, 0.05) is 18.4 Å². The summed E-state index contributed by atoms with van der Waals surface area (Å²) in [6, 6.07) is 3.80. The van der Waals surface area contributed by atoms with E-state index in [1.165, 1.54) is 0 Å². The van der Waals surface area contributed by atoms with E-state index in [9.17, 15) is 9.59 Å². The second kappa shape index (κ2) is 6.50. The minimum atomic E-state index is -0.724. The molecule has 1 unspecified atom stereocenters. The van der Waals surface area contributed by atoms with E-state index < -0.39 is 5.97 Å². The number of aromatic nitrogens is 1. The van der Waals surface area contributed by atoms with E-state index in [-0.39, 0.29) is 23.8 Å². The number of carboxylic acids is 1. The molecule has 1 aromatic heterocycles. The summed E-state index contributed by atoms with van der Waals surface area (Å²) in [6.07, 6.45) is 6.14. The van der Waals surface area contributed by atoms with E-state index in [1.807, 2.05) is 19.1 Å². The lowest BCUT2D eigenvalue weighted by molar-refractivity contribution is -0.142. The highest BCUT2D eigenvalue weighted by Gasteiger charge is 2.27. The Balaban J connectivity index is 1.85. The summed E-state index contributed by atoms with van der Waals surface area (Å²) in [6.45, 7) is 1.86. The van der Waals surface area contributed by atoms with Crippen molar-refractivity contribution < 1.29 is 14.7 Å². The Morgan fingerprint density at radius 3 is 2.60 bits per heavy atom.